The largest absolute Gasteiger partial charge is 0.323 e. The van der Waals surface area contributed by atoms with Gasteiger partial charge in [0.2, 0.25) is 0 Å². The van der Waals surface area contributed by atoms with Crippen LogP contribution in [0.2, 0.25) is 0 Å². The number of anilines is 2. The van der Waals surface area contributed by atoms with Gasteiger partial charge in [-0.3, -0.25) is 10.1 Å². The Kier molecular flexibility index (Phi) is 4.02. The van der Waals surface area contributed by atoms with Gasteiger partial charge >= 0.3 is 0 Å². The van der Waals surface area contributed by atoms with Gasteiger partial charge < -0.3 is 11.1 Å². The van der Waals surface area contributed by atoms with Crippen LogP contribution < -0.4 is 11.1 Å². The lowest BCUT2D eigenvalue weighted by Gasteiger charge is -2.13. The van der Waals surface area contributed by atoms with Crippen molar-refractivity contribution in [2.75, 3.05) is 5.32 Å². The molecular weight excluding hydrogens is 333 g/mol. The second-order valence-electron chi connectivity index (χ2n) is 5.89. The van der Waals surface area contributed by atoms with Crippen LogP contribution >= 0.6 is 0 Å². The van der Waals surface area contributed by atoms with Crippen molar-refractivity contribution in [2.45, 2.75) is 13.0 Å². The number of aromatic amines is 1. The fourth-order valence-corrected chi connectivity index (χ4v) is 2.64. The zero-order valence-corrected chi connectivity index (χ0v) is 13.9. The molecule has 0 unspecified atom stereocenters. The van der Waals surface area contributed by atoms with Gasteiger partial charge in [0.1, 0.15) is 17.7 Å². The van der Waals surface area contributed by atoms with Crippen LogP contribution in [-0.2, 0) is 0 Å². The summed E-state index contributed by atoms with van der Waals surface area (Å²) in [6, 6.07) is 11.6. The molecule has 130 valence electrons. The number of nitrogens with two attached hydrogens (primary N) is 1. The Morgan fingerprint density at radius 2 is 2.00 bits per heavy atom. The SMILES string of the molecule is Cc1cc(Nc2nc([C@H](N)c3ccc(F)cn3)nc3ccccc23)n[nH]1. The standard InChI is InChI=1S/C18H16FN7/c1-10-8-15(26-25-10)23-17-12-4-2-3-5-13(12)22-18(24-17)16(20)14-7-6-11(19)9-21-14/h2-9,16H,20H2,1H3,(H2,22,23,24,25,26)/t16-/m1/s1. The van der Waals surface area contributed by atoms with E-state index in [0.717, 1.165) is 22.8 Å². The number of benzene rings is 1. The van der Waals surface area contributed by atoms with Crippen molar-refractivity contribution >= 4 is 22.5 Å². The summed E-state index contributed by atoms with van der Waals surface area (Å²) < 4.78 is 13.1. The van der Waals surface area contributed by atoms with E-state index >= 15 is 0 Å². The van der Waals surface area contributed by atoms with Crippen molar-refractivity contribution in [3.8, 4) is 0 Å². The molecule has 7 nitrogen and oxygen atoms in total. The quantitative estimate of drug-likeness (QED) is 0.523. The molecule has 1 aromatic carbocycles. The Morgan fingerprint density at radius 1 is 1.15 bits per heavy atom. The average Bonchev–Trinajstić information content (AvgIpc) is 3.06. The number of pyridine rings is 1. The van der Waals surface area contributed by atoms with Crippen LogP contribution in [0.25, 0.3) is 10.9 Å². The number of nitrogens with one attached hydrogen (secondary N) is 2. The summed E-state index contributed by atoms with van der Waals surface area (Å²) in [7, 11) is 0. The average molecular weight is 349 g/mol. The third kappa shape index (κ3) is 3.09. The molecule has 0 radical (unpaired) electrons. The summed E-state index contributed by atoms with van der Waals surface area (Å²) in [5.74, 6) is 1.20. The summed E-state index contributed by atoms with van der Waals surface area (Å²) in [5, 5.41) is 11.1. The second kappa shape index (κ2) is 6.49. The van der Waals surface area contributed by atoms with Crippen LogP contribution in [0.4, 0.5) is 16.0 Å². The van der Waals surface area contributed by atoms with Crippen molar-refractivity contribution in [2.24, 2.45) is 5.73 Å². The molecule has 26 heavy (non-hydrogen) atoms. The number of H-pyrrole nitrogens is 1. The molecule has 0 saturated carbocycles. The molecule has 3 heterocycles. The molecule has 1 atom stereocenters. The summed E-state index contributed by atoms with van der Waals surface area (Å²) >= 11 is 0. The lowest BCUT2D eigenvalue weighted by molar-refractivity contribution is 0.616. The van der Waals surface area contributed by atoms with Crippen LogP contribution in [0, 0.1) is 12.7 Å². The minimum atomic E-state index is -0.679. The van der Waals surface area contributed by atoms with E-state index in [0.29, 0.717) is 23.2 Å². The van der Waals surface area contributed by atoms with Gasteiger partial charge in [-0.1, -0.05) is 12.1 Å². The van der Waals surface area contributed by atoms with Gasteiger partial charge in [0, 0.05) is 17.1 Å². The number of rotatable bonds is 4. The van der Waals surface area contributed by atoms with Crippen LogP contribution in [0.3, 0.4) is 0 Å². The van der Waals surface area contributed by atoms with Crippen molar-refractivity contribution in [3.63, 3.8) is 0 Å². The van der Waals surface area contributed by atoms with E-state index in [-0.39, 0.29) is 0 Å². The van der Waals surface area contributed by atoms with E-state index in [1.54, 1.807) is 0 Å². The molecule has 0 aliphatic rings. The maximum Gasteiger partial charge on any atom is 0.154 e. The summed E-state index contributed by atoms with van der Waals surface area (Å²) in [5.41, 5.74) is 8.42. The molecule has 4 aromatic rings. The number of hydrogen-bond acceptors (Lipinski definition) is 6. The van der Waals surface area contributed by atoms with Gasteiger partial charge in [-0.25, -0.2) is 14.4 Å². The third-order valence-electron chi connectivity index (χ3n) is 3.92. The molecular formula is C18H16FN7. The summed E-state index contributed by atoms with van der Waals surface area (Å²) in [6.45, 7) is 1.91. The number of hydrogen-bond donors (Lipinski definition) is 3. The Bertz CT molecular complexity index is 1060. The topological polar surface area (TPSA) is 105 Å². The van der Waals surface area contributed by atoms with E-state index in [1.165, 1.54) is 12.1 Å². The molecule has 4 rings (SSSR count). The van der Waals surface area contributed by atoms with Crippen LogP contribution in [-0.4, -0.2) is 25.1 Å². The number of halogens is 1. The minimum absolute atomic E-state index is 0.387. The highest BCUT2D eigenvalue weighted by molar-refractivity contribution is 5.90. The zero-order valence-electron chi connectivity index (χ0n) is 13.9. The zero-order chi connectivity index (χ0) is 18.1. The van der Waals surface area contributed by atoms with Gasteiger partial charge in [-0.05, 0) is 31.2 Å². The summed E-state index contributed by atoms with van der Waals surface area (Å²) in [4.78, 5) is 13.1. The number of aromatic nitrogens is 5. The predicted octanol–water partition coefficient (Wildman–Crippen LogP) is 2.99. The van der Waals surface area contributed by atoms with Crippen molar-refractivity contribution < 1.29 is 4.39 Å². The Morgan fingerprint density at radius 3 is 2.73 bits per heavy atom. The van der Waals surface area contributed by atoms with Gasteiger partial charge in [-0.15, -0.1) is 0 Å². The lowest BCUT2D eigenvalue weighted by Crippen LogP contribution is -2.17. The molecule has 8 heteroatoms. The molecule has 3 aromatic heterocycles. The maximum absolute atomic E-state index is 13.1. The van der Waals surface area contributed by atoms with Gasteiger partial charge in [-0.2, -0.15) is 5.10 Å². The van der Waals surface area contributed by atoms with Gasteiger partial charge in [0.25, 0.3) is 0 Å². The van der Waals surface area contributed by atoms with Crippen molar-refractivity contribution in [1.82, 2.24) is 25.1 Å². The third-order valence-corrected chi connectivity index (χ3v) is 3.92. The van der Waals surface area contributed by atoms with Crippen LogP contribution in [0.5, 0.6) is 0 Å². The number of aryl methyl sites for hydroxylation is 1. The normalized spacial score (nSPS) is 12.3. The fourth-order valence-electron chi connectivity index (χ4n) is 2.64. The first-order valence-corrected chi connectivity index (χ1v) is 8.03. The first-order chi connectivity index (χ1) is 12.6. The van der Waals surface area contributed by atoms with Gasteiger partial charge in [0.15, 0.2) is 11.6 Å². The fraction of sp³-hybridized carbons (Fsp3) is 0.111. The van der Waals surface area contributed by atoms with Crippen molar-refractivity contribution in [3.05, 3.63) is 71.7 Å². The first kappa shape index (κ1) is 16.1. The molecule has 0 amide bonds. The Labute approximate surface area is 148 Å². The molecule has 0 saturated heterocycles. The number of fused-ring (bicyclic) bond motifs is 1. The Hall–Kier alpha value is -3.39. The molecule has 0 bridgehead atoms. The molecule has 0 fully saturated rings. The summed E-state index contributed by atoms with van der Waals surface area (Å²) in [6.07, 6.45) is 1.13. The van der Waals surface area contributed by atoms with E-state index in [1.807, 2.05) is 37.3 Å². The smallest absolute Gasteiger partial charge is 0.154 e. The van der Waals surface area contributed by atoms with E-state index in [4.69, 9.17) is 5.73 Å². The van der Waals surface area contributed by atoms with Gasteiger partial charge in [0.05, 0.1) is 17.4 Å². The monoisotopic (exact) mass is 349 g/mol. The highest BCUT2D eigenvalue weighted by atomic mass is 19.1. The lowest BCUT2D eigenvalue weighted by atomic mass is 10.1. The van der Waals surface area contributed by atoms with E-state index < -0.39 is 11.9 Å². The maximum atomic E-state index is 13.1. The van der Waals surface area contributed by atoms with E-state index in [9.17, 15) is 4.39 Å². The molecule has 0 aliphatic carbocycles. The molecule has 0 aliphatic heterocycles. The molecule has 4 N–H and O–H groups in total. The van der Waals surface area contributed by atoms with Crippen LogP contribution in [0.15, 0.2) is 48.7 Å². The second-order valence-corrected chi connectivity index (χ2v) is 5.89. The number of nitrogens with zero attached hydrogens (tertiary/aromatic N) is 4. The first-order valence-electron chi connectivity index (χ1n) is 8.03. The Balaban J connectivity index is 1.79. The van der Waals surface area contributed by atoms with Crippen LogP contribution in [0.1, 0.15) is 23.3 Å². The highest BCUT2D eigenvalue weighted by Gasteiger charge is 2.17. The molecule has 0 spiro atoms. The van der Waals surface area contributed by atoms with E-state index in [2.05, 4.69) is 30.5 Å². The minimum Gasteiger partial charge on any atom is -0.323 e. The number of para-hydroxylation sites is 1. The highest BCUT2D eigenvalue weighted by Crippen LogP contribution is 2.26. The van der Waals surface area contributed by atoms with Crippen molar-refractivity contribution in [1.29, 1.82) is 0 Å². The predicted molar refractivity (Wildman–Crippen MR) is 96.4 cm³/mol.